The highest BCUT2D eigenvalue weighted by atomic mass is 19.1. The van der Waals surface area contributed by atoms with Gasteiger partial charge in [-0.3, -0.25) is 9.69 Å². The van der Waals surface area contributed by atoms with Crippen LogP contribution in [0.25, 0.3) is 0 Å². The van der Waals surface area contributed by atoms with Crippen LogP contribution in [-0.4, -0.2) is 67.4 Å². The van der Waals surface area contributed by atoms with E-state index in [1.807, 2.05) is 25.1 Å². The second-order valence-corrected chi connectivity index (χ2v) is 9.67. The Morgan fingerprint density at radius 2 is 1.94 bits per heavy atom. The van der Waals surface area contributed by atoms with E-state index in [1.165, 1.54) is 18.9 Å². The zero-order valence-electron chi connectivity index (χ0n) is 19.9. The fourth-order valence-electron chi connectivity index (χ4n) is 5.40. The zero-order valence-corrected chi connectivity index (χ0v) is 19.9. The number of rotatable bonds is 7. The second kappa shape index (κ2) is 9.92. The molecule has 182 valence electrons. The highest BCUT2D eigenvalue weighted by Crippen LogP contribution is 2.32. The summed E-state index contributed by atoms with van der Waals surface area (Å²) in [5.41, 5.74) is 2.77. The molecule has 2 atom stereocenters. The molecule has 3 aliphatic rings. The van der Waals surface area contributed by atoms with Gasteiger partial charge in [0.15, 0.2) is 0 Å². The number of hydrogen-bond donors (Lipinski definition) is 1. The second-order valence-electron chi connectivity index (χ2n) is 9.67. The normalized spacial score (nSPS) is 21.7. The Morgan fingerprint density at radius 1 is 1.12 bits per heavy atom. The van der Waals surface area contributed by atoms with Crippen molar-refractivity contribution in [2.24, 2.45) is 0 Å². The van der Waals surface area contributed by atoms with Crippen LogP contribution in [0.2, 0.25) is 0 Å². The van der Waals surface area contributed by atoms with Gasteiger partial charge in [0.2, 0.25) is 0 Å². The summed E-state index contributed by atoms with van der Waals surface area (Å²) in [6.07, 6.45) is 4.40. The first-order valence-corrected chi connectivity index (χ1v) is 12.6. The molecule has 2 aromatic carbocycles. The molecule has 6 nitrogen and oxygen atoms in total. The average molecular weight is 468 g/mol. The molecule has 1 amide bonds. The lowest BCUT2D eigenvalue weighted by molar-refractivity contribution is 0.0978. The molecule has 2 fully saturated rings. The number of amides is 1. The summed E-state index contributed by atoms with van der Waals surface area (Å²) in [6, 6.07) is 11.1. The summed E-state index contributed by atoms with van der Waals surface area (Å²) in [5, 5.41) is 9.71. The third-order valence-corrected chi connectivity index (χ3v) is 7.47. The molecule has 0 bridgehead atoms. The Balaban J connectivity index is 1.27. The van der Waals surface area contributed by atoms with Gasteiger partial charge in [-0.15, -0.1) is 0 Å². The van der Waals surface area contributed by atoms with Crippen LogP contribution in [0.4, 0.5) is 15.8 Å². The number of aliphatic hydroxyl groups excluding tert-OH is 1. The van der Waals surface area contributed by atoms with Crippen molar-refractivity contribution in [1.82, 2.24) is 4.90 Å². The fraction of sp³-hybridized carbons (Fsp3) is 0.519. The van der Waals surface area contributed by atoms with Gasteiger partial charge in [-0.05, 0) is 87.2 Å². The summed E-state index contributed by atoms with van der Waals surface area (Å²) < 4.78 is 20.8. The van der Waals surface area contributed by atoms with Crippen molar-refractivity contribution in [2.75, 3.05) is 49.1 Å². The van der Waals surface area contributed by atoms with Crippen molar-refractivity contribution in [3.63, 3.8) is 0 Å². The standard InChI is InChI=1S/C27H34FN3O3/c1-2-22(32)18-34-23-6-7-24-19(15-23)9-14-31(27(24)33)20-5-8-26(25(28)16-20)30-13-10-21(17-30)29-11-3-4-12-29/h5-8,15-16,21-22,32H,2-4,9-14,17-18H2,1H3/t21-,22?/m1/s1. The number of anilines is 2. The highest BCUT2D eigenvalue weighted by Gasteiger charge is 2.31. The van der Waals surface area contributed by atoms with Crippen molar-refractivity contribution in [3.05, 3.63) is 53.3 Å². The van der Waals surface area contributed by atoms with Crippen molar-refractivity contribution >= 4 is 17.3 Å². The van der Waals surface area contributed by atoms with Crippen LogP contribution in [0.15, 0.2) is 36.4 Å². The van der Waals surface area contributed by atoms with Crippen LogP contribution < -0.4 is 14.5 Å². The third kappa shape index (κ3) is 4.64. The molecule has 2 aromatic rings. The Bertz CT molecular complexity index is 1040. The molecule has 34 heavy (non-hydrogen) atoms. The SMILES string of the molecule is CCC(O)COc1ccc2c(c1)CCN(c1ccc(N3CC[C@@H](N4CCCC4)C3)c(F)c1)C2=O. The molecular formula is C27H34FN3O3. The van der Waals surface area contributed by atoms with Crippen molar-refractivity contribution < 1.29 is 19.0 Å². The van der Waals surface area contributed by atoms with Gasteiger partial charge in [0.05, 0.1) is 11.8 Å². The van der Waals surface area contributed by atoms with Gasteiger partial charge in [0.25, 0.3) is 5.91 Å². The van der Waals surface area contributed by atoms with Gasteiger partial charge < -0.3 is 19.6 Å². The van der Waals surface area contributed by atoms with Gasteiger partial charge in [-0.2, -0.15) is 0 Å². The van der Waals surface area contributed by atoms with Gasteiger partial charge in [0, 0.05) is 36.9 Å². The molecular weight excluding hydrogens is 433 g/mol. The van der Waals surface area contributed by atoms with Crippen LogP contribution in [0, 0.1) is 5.82 Å². The van der Waals surface area contributed by atoms with E-state index >= 15 is 4.39 Å². The number of carbonyl (C=O) groups is 1. The molecule has 5 rings (SSSR count). The van der Waals surface area contributed by atoms with Gasteiger partial charge in [0.1, 0.15) is 18.2 Å². The molecule has 3 heterocycles. The molecule has 0 aliphatic carbocycles. The van der Waals surface area contributed by atoms with Crippen LogP contribution in [0.5, 0.6) is 5.75 Å². The summed E-state index contributed by atoms with van der Waals surface area (Å²) >= 11 is 0. The Morgan fingerprint density at radius 3 is 2.71 bits per heavy atom. The van der Waals surface area contributed by atoms with E-state index in [0.717, 1.165) is 38.2 Å². The number of likely N-dealkylation sites (tertiary alicyclic amines) is 1. The molecule has 0 saturated carbocycles. The van der Waals surface area contributed by atoms with E-state index in [2.05, 4.69) is 9.80 Å². The van der Waals surface area contributed by atoms with Crippen molar-refractivity contribution in [2.45, 2.75) is 51.2 Å². The molecule has 1 N–H and O–H groups in total. The predicted molar refractivity (Wildman–Crippen MR) is 131 cm³/mol. The molecule has 7 heteroatoms. The summed E-state index contributed by atoms with van der Waals surface area (Å²) in [7, 11) is 0. The van der Waals surface area contributed by atoms with E-state index < -0.39 is 6.10 Å². The number of nitrogens with zero attached hydrogens (tertiary/aromatic N) is 3. The van der Waals surface area contributed by atoms with Crippen LogP contribution in [-0.2, 0) is 6.42 Å². The van der Waals surface area contributed by atoms with Gasteiger partial charge in [-0.25, -0.2) is 4.39 Å². The van der Waals surface area contributed by atoms with Crippen LogP contribution >= 0.6 is 0 Å². The van der Waals surface area contributed by atoms with Crippen LogP contribution in [0.3, 0.4) is 0 Å². The summed E-state index contributed by atoms with van der Waals surface area (Å²) in [5.74, 6) is 0.265. The lowest BCUT2D eigenvalue weighted by atomic mass is 9.98. The van der Waals surface area contributed by atoms with E-state index in [0.29, 0.717) is 48.1 Å². The maximum absolute atomic E-state index is 15.2. The first-order valence-electron chi connectivity index (χ1n) is 12.6. The topological polar surface area (TPSA) is 56.3 Å². The molecule has 1 unspecified atom stereocenters. The number of ether oxygens (including phenoxy) is 1. The van der Waals surface area contributed by atoms with Crippen LogP contribution in [0.1, 0.15) is 48.5 Å². The molecule has 0 spiro atoms. The number of carbonyl (C=O) groups excluding carboxylic acids is 1. The molecule has 2 saturated heterocycles. The third-order valence-electron chi connectivity index (χ3n) is 7.47. The lowest BCUT2D eigenvalue weighted by Crippen LogP contribution is -2.38. The maximum atomic E-state index is 15.2. The van der Waals surface area contributed by atoms with Gasteiger partial charge >= 0.3 is 0 Å². The van der Waals surface area contributed by atoms with E-state index in [9.17, 15) is 9.90 Å². The number of aliphatic hydroxyl groups is 1. The minimum absolute atomic E-state index is 0.121. The van der Waals surface area contributed by atoms with E-state index in [4.69, 9.17) is 4.74 Å². The average Bonchev–Trinajstić information content (AvgIpc) is 3.55. The fourth-order valence-corrected chi connectivity index (χ4v) is 5.40. The van der Waals surface area contributed by atoms with E-state index in [-0.39, 0.29) is 18.3 Å². The van der Waals surface area contributed by atoms with E-state index in [1.54, 1.807) is 17.0 Å². The first kappa shape index (κ1) is 23.1. The minimum atomic E-state index is -0.502. The quantitative estimate of drug-likeness (QED) is 0.670. The summed E-state index contributed by atoms with van der Waals surface area (Å²) in [6.45, 7) is 6.68. The van der Waals surface area contributed by atoms with Crippen molar-refractivity contribution in [3.8, 4) is 5.75 Å². The molecule has 0 radical (unpaired) electrons. The minimum Gasteiger partial charge on any atom is -0.491 e. The number of halogens is 1. The molecule has 0 aromatic heterocycles. The number of benzene rings is 2. The summed E-state index contributed by atoms with van der Waals surface area (Å²) in [4.78, 5) is 19.5. The number of hydrogen-bond acceptors (Lipinski definition) is 5. The maximum Gasteiger partial charge on any atom is 0.258 e. The smallest absolute Gasteiger partial charge is 0.258 e. The van der Waals surface area contributed by atoms with Crippen molar-refractivity contribution in [1.29, 1.82) is 0 Å². The first-order chi connectivity index (χ1) is 16.5. The van der Waals surface area contributed by atoms with Gasteiger partial charge in [-0.1, -0.05) is 6.92 Å². The monoisotopic (exact) mass is 467 g/mol. The lowest BCUT2D eigenvalue weighted by Gasteiger charge is -2.30. The Labute approximate surface area is 200 Å². The highest BCUT2D eigenvalue weighted by molar-refractivity contribution is 6.08. The predicted octanol–water partition coefficient (Wildman–Crippen LogP) is 3.85. The number of fused-ring (bicyclic) bond motifs is 1. The molecule has 3 aliphatic heterocycles. The Kier molecular flexibility index (Phi) is 6.75. The largest absolute Gasteiger partial charge is 0.491 e. The zero-order chi connectivity index (χ0) is 23.7. The Hall–Kier alpha value is -2.64.